The zero-order valence-corrected chi connectivity index (χ0v) is 13.2. The maximum Gasteiger partial charge on any atom is 0.244 e. The van der Waals surface area contributed by atoms with Crippen molar-refractivity contribution in [2.75, 3.05) is 31.1 Å². The molecule has 0 aromatic carbocycles. The quantitative estimate of drug-likeness (QED) is 0.551. The summed E-state index contributed by atoms with van der Waals surface area (Å²) in [5.41, 5.74) is 0. The largest absolute Gasteiger partial charge is 0.353 e. The number of hydrogen-bond acceptors (Lipinski definition) is 9. The molecule has 3 aromatic rings. The van der Waals surface area contributed by atoms with Crippen LogP contribution in [-0.2, 0) is 11.3 Å². The third-order valence-corrected chi connectivity index (χ3v) is 3.94. The fourth-order valence-electron chi connectivity index (χ4n) is 2.64. The molecule has 1 aliphatic heterocycles. The zero-order chi connectivity index (χ0) is 17.1. The first kappa shape index (κ1) is 15.1. The van der Waals surface area contributed by atoms with Crippen molar-refractivity contribution in [1.82, 2.24) is 49.8 Å². The summed E-state index contributed by atoms with van der Waals surface area (Å²) in [6.07, 6.45) is 5.97. The lowest BCUT2D eigenvalue weighted by molar-refractivity contribution is -0.132. The summed E-state index contributed by atoms with van der Waals surface area (Å²) >= 11 is 0. The first-order valence-electron chi connectivity index (χ1n) is 7.70. The van der Waals surface area contributed by atoms with E-state index in [4.69, 9.17) is 0 Å². The fourth-order valence-corrected chi connectivity index (χ4v) is 2.64. The van der Waals surface area contributed by atoms with Crippen molar-refractivity contribution in [1.29, 1.82) is 0 Å². The van der Waals surface area contributed by atoms with E-state index in [1.807, 2.05) is 6.07 Å². The highest BCUT2D eigenvalue weighted by Gasteiger charge is 2.22. The van der Waals surface area contributed by atoms with Gasteiger partial charge in [-0.3, -0.25) is 4.79 Å². The minimum atomic E-state index is -0.00191. The first-order valence-corrected chi connectivity index (χ1v) is 7.70. The van der Waals surface area contributed by atoms with E-state index in [2.05, 4.69) is 40.5 Å². The third kappa shape index (κ3) is 3.27. The lowest BCUT2D eigenvalue weighted by Gasteiger charge is -2.35. The average Bonchev–Trinajstić information content (AvgIpc) is 3.36. The van der Waals surface area contributed by atoms with E-state index in [0.717, 1.165) is 5.82 Å². The molecule has 12 heteroatoms. The van der Waals surface area contributed by atoms with Gasteiger partial charge in [0.2, 0.25) is 5.91 Å². The molecule has 128 valence electrons. The van der Waals surface area contributed by atoms with E-state index in [0.29, 0.717) is 32.0 Å². The van der Waals surface area contributed by atoms with Gasteiger partial charge in [0.15, 0.2) is 5.82 Å². The van der Waals surface area contributed by atoms with Gasteiger partial charge >= 0.3 is 0 Å². The Hall–Kier alpha value is -3.44. The second-order valence-electron chi connectivity index (χ2n) is 5.45. The Labute approximate surface area is 142 Å². The summed E-state index contributed by atoms with van der Waals surface area (Å²) in [7, 11) is 0. The van der Waals surface area contributed by atoms with E-state index >= 15 is 0 Å². The molecule has 0 bridgehead atoms. The van der Waals surface area contributed by atoms with Crippen LogP contribution in [0.15, 0.2) is 31.4 Å². The molecule has 12 nitrogen and oxygen atoms in total. The number of piperazine rings is 1. The smallest absolute Gasteiger partial charge is 0.244 e. The third-order valence-electron chi connectivity index (χ3n) is 3.94. The van der Waals surface area contributed by atoms with Gasteiger partial charge in [0.1, 0.15) is 37.7 Å². The van der Waals surface area contributed by atoms with Crippen molar-refractivity contribution < 1.29 is 4.79 Å². The number of carbonyl (C=O) groups is 1. The van der Waals surface area contributed by atoms with Gasteiger partial charge in [-0.05, 0) is 10.4 Å². The molecular weight excluding hydrogens is 326 g/mol. The molecule has 4 rings (SSSR count). The summed E-state index contributed by atoms with van der Waals surface area (Å²) in [6, 6.07) is 1.85. The molecule has 0 atom stereocenters. The van der Waals surface area contributed by atoms with Crippen molar-refractivity contribution >= 4 is 11.7 Å². The first-order chi connectivity index (χ1) is 12.3. The molecule has 1 aliphatic rings. The van der Waals surface area contributed by atoms with E-state index in [1.165, 1.54) is 23.7 Å². The van der Waals surface area contributed by atoms with Crippen LogP contribution in [0.3, 0.4) is 0 Å². The Bertz CT molecular complexity index is 824. The second kappa shape index (κ2) is 6.59. The van der Waals surface area contributed by atoms with Crippen molar-refractivity contribution in [3.63, 3.8) is 0 Å². The van der Waals surface area contributed by atoms with Crippen LogP contribution < -0.4 is 4.90 Å². The highest BCUT2D eigenvalue weighted by Crippen LogP contribution is 2.15. The maximum atomic E-state index is 12.3. The molecule has 0 saturated carbocycles. The second-order valence-corrected chi connectivity index (χ2v) is 5.45. The Morgan fingerprint density at radius 3 is 2.60 bits per heavy atom. The molecule has 0 N–H and O–H groups in total. The molecule has 0 unspecified atom stereocenters. The van der Waals surface area contributed by atoms with Crippen LogP contribution in [0.2, 0.25) is 0 Å². The maximum absolute atomic E-state index is 12.3. The van der Waals surface area contributed by atoms with E-state index in [1.54, 1.807) is 15.9 Å². The number of anilines is 1. The lowest BCUT2D eigenvalue weighted by Crippen LogP contribution is -2.50. The summed E-state index contributed by atoms with van der Waals surface area (Å²) in [4.78, 5) is 28.6. The van der Waals surface area contributed by atoms with Crippen molar-refractivity contribution in [3.8, 4) is 5.82 Å². The Morgan fingerprint density at radius 1 is 1.04 bits per heavy atom. The Morgan fingerprint density at radius 2 is 1.88 bits per heavy atom. The highest BCUT2D eigenvalue weighted by molar-refractivity contribution is 5.76. The number of rotatable bonds is 4. The monoisotopic (exact) mass is 341 g/mol. The fraction of sp³-hybridized carbons (Fsp3) is 0.385. The number of hydrogen-bond donors (Lipinski definition) is 0. The number of carbonyl (C=O) groups excluding carboxylic acids is 1. The number of nitrogens with zero attached hydrogens (tertiary/aromatic N) is 11. The average molecular weight is 341 g/mol. The van der Waals surface area contributed by atoms with Crippen molar-refractivity contribution in [2.45, 2.75) is 6.54 Å². The molecule has 3 aromatic heterocycles. The zero-order valence-electron chi connectivity index (χ0n) is 13.2. The van der Waals surface area contributed by atoms with Crippen LogP contribution in [-0.4, -0.2) is 81.9 Å². The van der Waals surface area contributed by atoms with Gasteiger partial charge in [-0.15, -0.1) is 5.10 Å². The standard InChI is InChI=1S/C13H15N11O/c25-13(6-23-10-17-19-20-23)22-3-1-21(2-4-22)11-5-12(16-8-15-11)24-9-14-7-18-24/h5,7-10H,1-4,6H2. The molecular formula is C13H15N11O. The number of aromatic nitrogens is 9. The summed E-state index contributed by atoms with van der Waals surface area (Å²) in [5, 5.41) is 14.8. The molecule has 1 saturated heterocycles. The number of tetrazole rings is 1. The predicted octanol–water partition coefficient (Wildman–Crippen LogP) is -1.61. The van der Waals surface area contributed by atoms with Crippen LogP contribution in [0.5, 0.6) is 0 Å². The van der Waals surface area contributed by atoms with Crippen molar-refractivity contribution in [2.24, 2.45) is 0 Å². The molecule has 4 heterocycles. The molecule has 1 fully saturated rings. The molecule has 25 heavy (non-hydrogen) atoms. The van der Waals surface area contributed by atoms with E-state index in [9.17, 15) is 4.79 Å². The Kier molecular flexibility index (Phi) is 3.98. The van der Waals surface area contributed by atoms with Crippen molar-refractivity contribution in [3.05, 3.63) is 31.4 Å². The minimum absolute atomic E-state index is 0.00191. The minimum Gasteiger partial charge on any atom is -0.353 e. The van der Waals surface area contributed by atoms with Crippen LogP contribution in [0.1, 0.15) is 0 Å². The summed E-state index contributed by atoms with van der Waals surface area (Å²) < 4.78 is 3.00. The Balaban J connectivity index is 1.39. The van der Waals surface area contributed by atoms with Gasteiger partial charge in [-0.25, -0.2) is 24.3 Å². The van der Waals surface area contributed by atoms with Gasteiger partial charge in [0, 0.05) is 32.2 Å². The molecule has 0 radical (unpaired) electrons. The van der Waals surface area contributed by atoms with E-state index < -0.39 is 0 Å². The highest BCUT2D eigenvalue weighted by atomic mass is 16.2. The van der Waals surface area contributed by atoms with Gasteiger partial charge in [-0.1, -0.05) is 0 Å². The van der Waals surface area contributed by atoms with Crippen LogP contribution in [0.4, 0.5) is 5.82 Å². The predicted molar refractivity (Wildman–Crippen MR) is 83.6 cm³/mol. The topological polar surface area (TPSA) is 124 Å². The number of amides is 1. The molecule has 1 amide bonds. The molecule has 0 spiro atoms. The SMILES string of the molecule is O=C(Cn1cnnn1)N1CCN(c2cc(-n3cncn3)ncn2)CC1. The normalized spacial score (nSPS) is 14.7. The van der Waals surface area contributed by atoms with Gasteiger partial charge in [-0.2, -0.15) is 5.10 Å². The van der Waals surface area contributed by atoms with Crippen LogP contribution in [0.25, 0.3) is 5.82 Å². The van der Waals surface area contributed by atoms with Crippen LogP contribution >= 0.6 is 0 Å². The van der Waals surface area contributed by atoms with Gasteiger partial charge in [0.25, 0.3) is 0 Å². The van der Waals surface area contributed by atoms with Gasteiger partial charge < -0.3 is 9.80 Å². The van der Waals surface area contributed by atoms with Gasteiger partial charge in [0.05, 0.1) is 0 Å². The summed E-state index contributed by atoms with van der Waals surface area (Å²) in [5.74, 6) is 1.45. The lowest BCUT2D eigenvalue weighted by atomic mass is 10.3. The summed E-state index contributed by atoms with van der Waals surface area (Å²) in [6.45, 7) is 2.76. The molecule has 0 aliphatic carbocycles. The van der Waals surface area contributed by atoms with E-state index in [-0.39, 0.29) is 12.5 Å². The van der Waals surface area contributed by atoms with Crippen LogP contribution in [0, 0.1) is 0 Å².